The molecule has 20 nitrogen and oxygen atoms in total. The first kappa shape index (κ1) is 58.3. The summed E-state index contributed by atoms with van der Waals surface area (Å²) in [6.45, 7) is 12.1. The number of hydrogen-bond acceptors (Lipinski definition) is 16. The van der Waals surface area contributed by atoms with Gasteiger partial charge in [0, 0.05) is 63.6 Å². The van der Waals surface area contributed by atoms with Gasteiger partial charge in [0.15, 0.2) is 22.3 Å². The summed E-state index contributed by atoms with van der Waals surface area (Å²) in [7, 11) is -5.76. The van der Waals surface area contributed by atoms with Crippen LogP contribution < -0.4 is 30.3 Å². The molecule has 81 heavy (non-hydrogen) atoms. The van der Waals surface area contributed by atoms with E-state index in [1.165, 1.54) is 16.6 Å². The van der Waals surface area contributed by atoms with Crippen LogP contribution in [0, 0.1) is 6.92 Å². The lowest BCUT2D eigenvalue weighted by Crippen LogP contribution is -2.46. The van der Waals surface area contributed by atoms with E-state index in [4.69, 9.17) is 21.1 Å². The Bertz CT molecular complexity index is 3620. The zero-order chi connectivity index (χ0) is 57.4. The van der Waals surface area contributed by atoms with Crippen molar-refractivity contribution in [2.24, 2.45) is 7.05 Å². The van der Waals surface area contributed by atoms with E-state index in [1.54, 1.807) is 80.2 Å². The minimum Gasteiger partial charge on any atom is -0.488 e. The summed E-state index contributed by atoms with van der Waals surface area (Å²) in [5, 5.41) is 27.6. The molecule has 4 N–H and O–H groups in total. The highest BCUT2D eigenvalue weighted by molar-refractivity contribution is 7.92. The second-order valence-electron chi connectivity index (χ2n) is 20.8. The van der Waals surface area contributed by atoms with E-state index in [-0.39, 0.29) is 52.7 Å². The first-order valence-corrected chi connectivity index (χ1v) is 30.5. The number of carboxylic acid groups (broad SMARTS) is 1. The van der Waals surface area contributed by atoms with Crippen LogP contribution in [0.1, 0.15) is 81.0 Å². The van der Waals surface area contributed by atoms with E-state index in [9.17, 15) is 31.5 Å². The summed E-state index contributed by atoms with van der Waals surface area (Å²) in [4.78, 5) is 39.6. The number of halogens is 1. The highest BCUT2D eigenvalue weighted by Gasteiger charge is 2.34. The number of carboxylic acids is 1. The molecule has 0 spiro atoms. The summed E-state index contributed by atoms with van der Waals surface area (Å²) >= 11 is 6.44. The number of piperazine rings is 1. The van der Waals surface area contributed by atoms with Gasteiger partial charge in [-0.2, -0.15) is 9.29 Å². The van der Waals surface area contributed by atoms with Gasteiger partial charge in [0.2, 0.25) is 16.0 Å². The van der Waals surface area contributed by atoms with Crippen LogP contribution in [-0.2, 0) is 43.0 Å². The lowest BCUT2D eigenvalue weighted by Gasteiger charge is -2.36. The van der Waals surface area contributed by atoms with Crippen LogP contribution >= 0.6 is 11.6 Å². The van der Waals surface area contributed by atoms with E-state index in [0.29, 0.717) is 51.8 Å². The molecule has 2 aromatic heterocycles. The molecule has 2 aliphatic rings. The van der Waals surface area contributed by atoms with Gasteiger partial charge in [0.1, 0.15) is 38.6 Å². The monoisotopic (exact) mass is 1160 g/mol. The number of anilines is 5. The number of aryl methyl sites for hydroxylation is 2. The number of hydrogen-bond donors (Lipinski definition) is 4. The highest BCUT2D eigenvalue weighted by Crippen LogP contribution is 2.38. The molecule has 5 aromatic carbocycles. The maximum atomic E-state index is 13.9. The van der Waals surface area contributed by atoms with Gasteiger partial charge in [-0.3, -0.25) is 14.5 Å². The summed E-state index contributed by atoms with van der Waals surface area (Å²) in [6, 6.07) is 30.5. The second kappa shape index (κ2) is 25.6. The molecular formula is C58H68ClN11O9S2. The third kappa shape index (κ3) is 14.0. The molecule has 1 saturated heterocycles. The molecule has 0 saturated carbocycles. The molecule has 428 valence electrons. The van der Waals surface area contributed by atoms with E-state index in [0.717, 1.165) is 80.9 Å². The number of rotatable bonds is 23. The maximum Gasteiger partial charge on any atom is 0.304 e. The molecule has 2 aliphatic heterocycles. The van der Waals surface area contributed by atoms with Crippen molar-refractivity contribution in [3.63, 3.8) is 0 Å². The van der Waals surface area contributed by atoms with Gasteiger partial charge in [0.05, 0.1) is 35.0 Å². The number of unbranched alkanes of at least 4 members (excludes halogenated alkanes) is 3. The highest BCUT2D eigenvalue weighted by atomic mass is 35.5. The largest absolute Gasteiger partial charge is 0.488 e. The lowest BCUT2D eigenvalue weighted by molar-refractivity contribution is -0.137. The van der Waals surface area contributed by atoms with Crippen LogP contribution in [0.4, 0.5) is 28.8 Å². The number of sulfonamides is 1. The Labute approximate surface area is 477 Å². The minimum atomic E-state index is -3.92. The Morgan fingerprint density at radius 1 is 0.901 bits per heavy atom. The molecule has 2 unspecified atom stereocenters. The fourth-order valence-corrected chi connectivity index (χ4v) is 13.1. The standard InChI is InChI=1S/C58H68ClN11O9S2/c1-38(2)80(74,75)52-16-10-8-14-48(52)63-57-47(59)34-61-58(64-57)62-44-20-22-45(23-21-44)69-28-26-68(27-29-69)25-13-7-6-12-24-60-54(71)37-78-51-32-42(31-49-56(51)67(5)66-65-49)46(33-55(72)73)41-19-18-39(3)43(30-41)36-70-35-40(4)79-50-15-9-11-17-53(50)81(70,76)77/h8-11,14-23,30-32,34,38,40,46H,6-7,12-13,24-29,33,35-37H2,1-5H3,(H,60,71)(H,72,73)(H2,61,62,63,64). The summed E-state index contributed by atoms with van der Waals surface area (Å²) < 4.78 is 69.0. The molecule has 9 rings (SSSR count). The SMILES string of the molecule is Cc1ccc(C(CC(=O)O)c2cc(OCC(=O)NCCCCCCN3CCN(c4ccc(Nc5ncc(Cl)c(Nc6ccccc6S(=O)(=O)C(C)C)n5)cc4)CC3)c3c(c2)nnn3C)cc1CN1CC(C)Oc2ccccc2S1(=O)=O. The Kier molecular flexibility index (Phi) is 18.4. The molecular weight excluding hydrogens is 1090 g/mol. The average molecular weight is 1160 g/mol. The van der Waals surface area contributed by atoms with Gasteiger partial charge in [-0.25, -0.2) is 26.5 Å². The molecule has 7 aromatic rings. The number of aromatic nitrogens is 5. The number of ether oxygens (including phenoxy) is 2. The maximum absolute atomic E-state index is 13.9. The zero-order valence-electron chi connectivity index (χ0n) is 46.0. The topological polar surface area (TPSA) is 243 Å². The molecule has 0 bridgehead atoms. The van der Waals surface area contributed by atoms with Crippen LogP contribution in [0.5, 0.6) is 11.5 Å². The third-order valence-electron chi connectivity index (χ3n) is 14.6. The van der Waals surface area contributed by atoms with Crippen LogP contribution in [0.25, 0.3) is 11.0 Å². The van der Waals surface area contributed by atoms with E-state index in [1.807, 2.05) is 44.2 Å². The number of carbonyl (C=O) groups excluding carboxylic acids is 1. The number of para-hydroxylation sites is 2. The van der Waals surface area contributed by atoms with Crippen molar-refractivity contribution in [3.8, 4) is 11.5 Å². The predicted molar refractivity (Wildman–Crippen MR) is 312 cm³/mol. The molecule has 4 heterocycles. The molecule has 23 heteroatoms. The van der Waals surface area contributed by atoms with Gasteiger partial charge in [-0.05, 0) is 130 Å². The van der Waals surface area contributed by atoms with Gasteiger partial charge >= 0.3 is 5.97 Å². The van der Waals surface area contributed by atoms with Crippen LogP contribution in [0.15, 0.2) is 119 Å². The van der Waals surface area contributed by atoms with Crippen molar-refractivity contribution in [3.05, 3.63) is 137 Å². The number of nitrogens with one attached hydrogen (secondary N) is 3. The zero-order valence-corrected chi connectivity index (χ0v) is 48.4. The van der Waals surface area contributed by atoms with E-state index < -0.39 is 43.1 Å². The Balaban J connectivity index is 0.717. The number of carbonyl (C=O) groups is 2. The van der Waals surface area contributed by atoms with Crippen molar-refractivity contribution in [2.75, 3.05) is 68.0 Å². The quantitative estimate of drug-likeness (QED) is 0.0437. The van der Waals surface area contributed by atoms with Gasteiger partial charge in [-0.15, -0.1) is 5.10 Å². The molecule has 0 radical (unpaired) electrons. The summed E-state index contributed by atoms with van der Waals surface area (Å²) in [5.41, 5.74) is 6.13. The number of fused-ring (bicyclic) bond motifs is 2. The van der Waals surface area contributed by atoms with Crippen molar-refractivity contribution in [1.29, 1.82) is 0 Å². The number of nitrogens with zero attached hydrogens (tertiary/aromatic N) is 8. The third-order valence-corrected chi connectivity index (χ3v) is 18.9. The fraction of sp³-hybridized carbons (Fsp3) is 0.379. The minimum absolute atomic E-state index is 0.0527. The van der Waals surface area contributed by atoms with Gasteiger partial charge < -0.3 is 35.4 Å². The number of aliphatic carboxylic acids is 1. The van der Waals surface area contributed by atoms with Crippen molar-refractivity contribution < 1.29 is 41.0 Å². The first-order chi connectivity index (χ1) is 38.8. The van der Waals surface area contributed by atoms with Gasteiger partial charge in [-0.1, -0.05) is 72.1 Å². The number of sulfone groups is 1. The summed E-state index contributed by atoms with van der Waals surface area (Å²) in [5.74, 6) is -0.776. The Morgan fingerprint density at radius 2 is 1.64 bits per heavy atom. The summed E-state index contributed by atoms with van der Waals surface area (Å²) in [6.07, 6.45) is 4.64. The van der Waals surface area contributed by atoms with Crippen LogP contribution in [0.2, 0.25) is 5.02 Å². The normalized spacial score (nSPS) is 16.1. The van der Waals surface area contributed by atoms with Crippen molar-refractivity contribution >= 4 is 83.2 Å². The van der Waals surface area contributed by atoms with Crippen molar-refractivity contribution in [1.82, 2.24) is 39.5 Å². The van der Waals surface area contributed by atoms with Crippen molar-refractivity contribution in [2.45, 2.75) is 93.4 Å². The van der Waals surface area contributed by atoms with Gasteiger partial charge in [0.25, 0.3) is 5.91 Å². The Morgan fingerprint density at radius 3 is 2.41 bits per heavy atom. The lowest BCUT2D eigenvalue weighted by atomic mass is 9.86. The Hall–Kier alpha value is -7.37. The first-order valence-electron chi connectivity index (χ1n) is 27.1. The number of benzene rings is 5. The molecule has 2 atom stereocenters. The van der Waals surface area contributed by atoms with Crippen LogP contribution in [0.3, 0.4) is 0 Å². The average Bonchev–Trinajstić information content (AvgIpc) is 3.94. The van der Waals surface area contributed by atoms with Crippen LogP contribution in [-0.4, -0.2) is 132 Å². The smallest absolute Gasteiger partial charge is 0.304 e. The second-order valence-corrected chi connectivity index (χ2v) is 25.6. The predicted octanol–water partition coefficient (Wildman–Crippen LogP) is 8.85. The molecule has 1 fully saturated rings. The number of amides is 1. The molecule has 0 aliphatic carbocycles. The molecule has 1 amide bonds. The van der Waals surface area contributed by atoms with E-state index in [2.05, 4.69) is 58.2 Å². The van der Waals surface area contributed by atoms with E-state index >= 15 is 0 Å². The fourth-order valence-electron chi connectivity index (χ4n) is 10.1.